The van der Waals surface area contributed by atoms with Crippen molar-refractivity contribution in [2.45, 2.75) is 18.6 Å². The Hall–Kier alpha value is -1.70. The Kier molecular flexibility index (Phi) is 5.92. The molecule has 6 nitrogen and oxygen atoms in total. The van der Waals surface area contributed by atoms with Crippen LogP contribution in [-0.4, -0.2) is 43.3 Å². The van der Waals surface area contributed by atoms with E-state index >= 15 is 0 Å². The van der Waals surface area contributed by atoms with Gasteiger partial charge in [0.1, 0.15) is 5.82 Å². The molecular weight excluding hydrogens is 329 g/mol. The van der Waals surface area contributed by atoms with Crippen molar-refractivity contribution >= 4 is 23.5 Å². The van der Waals surface area contributed by atoms with Crippen LogP contribution in [0.15, 0.2) is 18.2 Å². The highest BCUT2D eigenvalue weighted by atomic mass is 35.5. The summed E-state index contributed by atoms with van der Waals surface area (Å²) in [7, 11) is 1.35. The molecule has 1 fully saturated rings. The maximum absolute atomic E-state index is 13.6. The van der Waals surface area contributed by atoms with Crippen LogP contribution < -0.4 is 5.32 Å². The Morgan fingerprint density at radius 1 is 1.57 bits per heavy atom. The summed E-state index contributed by atoms with van der Waals surface area (Å²) in [5.41, 5.74) is 0.489. The SMILES string of the molecule is COCC(NC(=O)[C@@H]1CCO[C@H]1c1ccc(Cl)c(F)c1)C(=O)O. The maximum Gasteiger partial charge on any atom is 0.328 e. The van der Waals surface area contributed by atoms with Crippen molar-refractivity contribution in [1.82, 2.24) is 5.32 Å². The van der Waals surface area contributed by atoms with Crippen LogP contribution in [0.4, 0.5) is 4.39 Å². The first-order valence-corrected chi connectivity index (χ1v) is 7.40. The molecule has 2 N–H and O–H groups in total. The number of methoxy groups -OCH3 is 1. The van der Waals surface area contributed by atoms with Crippen molar-refractivity contribution in [3.63, 3.8) is 0 Å². The van der Waals surface area contributed by atoms with E-state index in [4.69, 9.17) is 26.2 Å². The van der Waals surface area contributed by atoms with Gasteiger partial charge < -0.3 is 19.9 Å². The molecule has 1 amide bonds. The highest BCUT2D eigenvalue weighted by Crippen LogP contribution is 2.35. The van der Waals surface area contributed by atoms with Gasteiger partial charge in [0.25, 0.3) is 0 Å². The predicted octanol–water partition coefficient (Wildman–Crippen LogP) is 1.77. The number of hydrogen-bond acceptors (Lipinski definition) is 4. The third kappa shape index (κ3) is 4.19. The molecule has 0 saturated carbocycles. The van der Waals surface area contributed by atoms with Crippen molar-refractivity contribution in [3.05, 3.63) is 34.6 Å². The Balaban J connectivity index is 2.12. The number of benzene rings is 1. The molecule has 23 heavy (non-hydrogen) atoms. The summed E-state index contributed by atoms with van der Waals surface area (Å²) >= 11 is 5.65. The summed E-state index contributed by atoms with van der Waals surface area (Å²) in [5, 5.41) is 11.5. The van der Waals surface area contributed by atoms with E-state index in [1.165, 1.54) is 19.2 Å². The second kappa shape index (κ2) is 7.72. The fourth-order valence-corrected chi connectivity index (χ4v) is 2.61. The van der Waals surface area contributed by atoms with Crippen molar-refractivity contribution < 1.29 is 28.6 Å². The Bertz CT molecular complexity index is 597. The van der Waals surface area contributed by atoms with Crippen LogP contribution in [0.2, 0.25) is 5.02 Å². The lowest BCUT2D eigenvalue weighted by Crippen LogP contribution is -2.46. The lowest BCUT2D eigenvalue weighted by molar-refractivity contribution is -0.144. The van der Waals surface area contributed by atoms with Gasteiger partial charge in [-0.15, -0.1) is 0 Å². The van der Waals surface area contributed by atoms with Gasteiger partial charge >= 0.3 is 5.97 Å². The van der Waals surface area contributed by atoms with E-state index in [2.05, 4.69) is 5.32 Å². The zero-order chi connectivity index (χ0) is 17.0. The minimum Gasteiger partial charge on any atom is -0.480 e. The van der Waals surface area contributed by atoms with E-state index in [1.54, 1.807) is 6.07 Å². The molecule has 1 aliphatic rings. The number of carboxylic acids is 1. The normalized spacial score (nSPS) is 21.9. The lowest BCUT2D eigenvalue weighted by Gasteiger charge is -2.21. The molecule has 1 aliphatic heterocycles. The van der Waals surface area contributed by atoms with Crippen molar-refractivity contribution in [1.29, 1.82) is 0 Å². The summed E-state index contributed by atoms with van der Waals surface area (Å²) in [6.07, 6.45) is -0.223. The number of rotatable bonds is 6. The first kappa shape index (κ1) is 17.7. The quantitative estimate of drug-likeness (QED) is 0.821. The van der Waals surface area contributed by atoms with Crippen LogP contribution in [0.1, 0.15) is 18.1 Å². The van der Waals surface area contributed by atoms with Crippen LogP contribution in [-0.2, 0) is 19.1 Å². The third-order valence-corrected chi connectivity index (χ3v) is 3.96. The molecule has 0 bridgehead atoms. The van der Waals surface area contributed by atoms with Crippen LogP contribution in [0, 0.1) is 11.7 Å². The van der Waals surface area contributed by atoms with Gasteiger partial charge in [-0.3, -0.25) is 4.79 Å². The number of amides is 1. The van der Waals surface area contributed by atoms with E-state index in [0.29, 0.717) is 18.6 Å². The number of halogens is 2. The molecule has 1 saturated heterocycles. The van der Waals surface area contributed by atoms with Crippen molar-refractivity contribution in [2.24, 2.45) is 5.92 Å². The standard InChI is InChI=1S/C15H17ClFNO5/c1-22-7-12(15(20)21)18-14(19)9-4-5-23-13(9)8-2-3-10(16)11(17)6-8/h2-3,6,9,12-13H,4-5,7H2,1H3,(H,18,19)(H,20,21)/t9-,12?,13+/m1/s1. The monoisotopic (exact) mass is 345 g/mol. The average Bonchev–Trinajstić information content (AvgIpc) is 2.99. The second-order valence-electron chi connectivity index (χ2n) is 5.21. The molecule has 2 rings (SSSR count). The molecule has 0 aromatic heterocycles. The zero-order valence-corrected chi connectivity index (χ0v) is 13.2. The number of carbonyl (C=O) groups is 2. The molecule has 8 heteroatoms. The number of ether oxygens (including phenoxy) is 2. The van der Waals surface area contributed by atoms with Crippen LogP contribution in [0.25, 0.3) is 0 Å². The predicted molar refractivity (Wildman–Crippen MR) is 79.7 cm³/mol. The lowest BCUT2D eigenvalue weighted by atomic mass is 9.94. The Morgan fingerprint density at radius 3 is 2.91 bits per heavy atom. The van der Waals surface area contributed by atoms with Gasteiger partial charge in [0.2, 0.25) is 5.91 Å². The Labute approximate surface area is 137 Å². The fourth-order valence-electron chi connectivity index (χ4n) is 2.50. The van der Waals surface area contributed by atoms with Crippen LogP contribution in [0.3, 0.4) is 0 Å². The molecule has 3 atom stereocenters. The van der Waals surface area contributed by atoms with Crippen LogP contribution in [0.5, 0.6) is 0 Å². The molecule has 0 spiro atoms. The van der Waals surface area contributed by atoms with E-state index < -0.39 is 35.8 Å². The van der Waals surface area contributed by atoms with Gasteiger partial charge in [-0.1, -0.05) is 17.7 Å². The second-order valence-corrected chi connectivity index (χ2v) is 5.62. The van der Waals surface area contributed by atoms with E-state index in [9.17, 15) is 14.0 Å². The summed E-state index contributed by atoms with van der Waals surface area (Å²) in [6.45, 7) is 0.184. The molecular formula is C15H17ClFNO5. The molecule has 1 heterocycles. The summed E-state index contributed by atoms with van der Waals surface area (Å²) in [6, 6.07) is 3.07. The minimum atomic E-state index is -1.19. The molecule has 1 aromatic rings. The maximum atomic E-state index is 13.6. The number of nitrogens with one attached hydrogen (secondary N) is 1. The summed E-state index contributed by atoms with van der Waals surface area (Å²) < 4.78 is 23.9. The smallest absolute Gasteiger partial charge is 0.328 e. The first-order valence-electron chi connectivity index (χ1n) is 7.02. The zero-order valence-electron chi connectivity index (χ0n) is 12.4. The Morgan fingerprint density at radius 2 is 2.30 bits per heavy atom. The summed E-state index contributed by atoms with van der Waals surface area (Å²) in [5.74, 6) is -2.85. The summed E-state index contributed by atoms with van der Waals surface area (Å²) in [4.78, 5) is 23.4. The van der Waals surface area contributed by atoms with Gasteiger partial charge in [0.15, 0.2) is 6.04 Å². The van der Waals surface area contributed by atoms with E-state index in [1.807, 2.05) is 0 Å². The largest absolute Gasteiger partial charge is 0.480 e. The third-order valence-electron chi connectivity index (χ3n) is 3.65. The van der Waals surface area contributed by atoms with Gasteiger partial charge in [0.05, 0.1) is 23.7 Å². The first-order chi connectivity index (χ1) is 10.9. The molecule has 0 aliphatic carbocycles. The molecule has 0 radical (unpaired) electrons. The highest BCUT2D eigenvalue weighted by Gasteiger charge is 2.37. The topological polar surface area (TPSA) is 84.9 Å². The molecule has 1 unspecified atom stereocenters. The average molecular weight is 346 g/mol. The van der Waals surface area contributed by atoms with Crippen molar-refractivity contribution in [3.8, 4) is 0 Å². The van der Waals surface area contributed by atoms with Crippen molar-refractivity contribution in [2.75, 3.05) is 20.3 Å². The number of carbonyl (C=O) groups excluding carboxylic acids is 1. The fraction of sp³-hybridized carbons (Fsp3) is 0.467. The minimum absolute atomic E-state index is 0.0150. The van der Waals surface area contributed by atoms with Gasteiger partial charge in [-0.2, -0.15) is 0 Å². The van der Waals surface area contributed by atoms with E-state index in [0.717, 1.165) is 0 Å². The molecule has 1 aromatic carbocycles. The number of carboxylic acid groups (broad SMARTS) is 1. The van der Waals surface area contributed by atoms with Crippen LogP contribution >= 0.6 is 11.6 Å². The highest BCUT2D eigenvalue weighted by molar-refractivity contribution is 6.30. The molecule has 126 valence electrons. The van der Waals surface area contributed by atoms with Gasteiger partial charge in [0, 0.05) is 13.7 Å². The van der Waals surface area contributed by atoms with Gasteiger partial charge in [-0.25, -0.2) is 9.18 Å². The van der Waals surface area contributed by atoms with E-state index in [-0.39, 0.29) is 11.6 Å². The number of hydrogen-bond donors (Lipinski definition) is 2. The van der Waals surface area contributed by atoms with Gasteiger partial charge in [-0.05, 0) is 24.1 Å². The number of aliphatic carboxylic acids is 1.